The number of nitrogens with one attached hydrogen (secondary N) is 1. The lowest BCUT2D eigenvalue weighted by atomic mass is 10.3. The quantitative estimate of drug-likeness (QED) is 0.485. The predicted molar refractivity (Wildman–Crippen MR) is 77.6 cm³/mol. The van der Waals surface area contributed by atoms with Gasteiger partial charge >= 0.3 is 0 Å². The number of hydrogen-bond acceptors (Lipinski definition) is 5. The molecule has 0 unspecified atom stereocenters. The average Bonchev–Trinajstić information content (AvgIpc) is 2.52. The summed E-state index contributed by atoms with van der Waals surface area (Å²) >= 11 is 0. The largest absolute Gasteiger partial charge is 0.492 e. The number of rotatable bonds is 6. The third-order valence-electron chi connectivity index (χ3n) is 2.92. The average molecular weight is 364 g/mol. The maximum absolute atomic E-state index is 13.3. The number of pyridine rings is 1. The molecule has 0 radical (unpaired) electrons. The van der Waals surface area contributed by atoms with Gasteiger partial charge in [0, 0.05) is 12.8 Å². The molecule has 0 aliphatic carbocycles. The third kappa shape index (κ3) is 4.13. The molecule has 24 heavy (non-hydrogen) atoms. The topological polar surface area (TPSA) is 68.3 Å². The van der Waals surface area contributed by atoms with Crippen molar-refractivity contribution in [2.24, 2.45) is 0 Å². The van der Waals surface area contributed by atoms with Gasteiger partial charge in [-0.2, -0.15) is 22.5 Å². The number of hydrogen-bond donors (Lipinski definition) is 1. The van der Waals surface area contributed by atoms with Crippen LogP contribution in [0.2, 0.25) is 0 Å². The van der Waals surface area contributed by atoms with E-state index in [4.69, 9.17) is 4.74 Å². The smallest absolute Gasteiger partial charge is 0.253 e. The van der Waals surface area contributed by atoms with Gasteiger partial charge in [0.15, 0.2) is 9.84 Å². The van der Waals surface area contributed by atoms with E-state index in [1.54, 1.807) is 0 Å². The van der Waals surface area contributed by atoms with Crippen molar-refractivity contribution in [3.8, 4) is 5.75 Å². The number of benzene rings is 1. The fourth-order valence-corrected chi connectivity index (χ4v) is 2.40. The predicted octanol–water partition coefficient (Wildman–Crippen LogP) is 2.53. The molecule has 1 heterocycles. The van der Waals surface area contributed by atoms with Crippen LogP contribution in [0.25, 0.3) is 0 Å². The zero-order valence-corrected chi connectivity index (χ0v) is 13.1. The highest BCUT2D eigenvalue weighted by Gasteiger charge is 2.20. The molecule has 5 nitrogen and oxygen atoms in total. The van der Waals surface area contributed by atoms with Gasteiger partial charge in [-0.25, -0.2) is 8.42 Å². The minimum absolute atomic E-state index is 0.0946. The number of ether oxygens (including phenoxy) is 1. The summed E-state index contributed by atoms with van der Waals surface area (Å²) in [6.45, 7) is -0.257. The van der Waals surface area contributed by atoms with Crippen LogP contribution in [0.5, 0.6) is 5.75 Å². The molecular formula is C14H12F4N2O3S. The lowest BCUT2D eigenvalue weighted by Crippen LogP contribution is -2.15. The second-order valence-corrected chi connectivity index (χ2v) is 6.73. The molecule has 0 spiro atoms. The summed E-state index contributed by atoms with van der Waals surface area (Å²) in [5, 5.41) is 2.18. The van der Waals surface area contributed by atoms with Crippen LogP contribution in [0, 0.1) is 23.5 Å². The highest BCUT2D eigenvalue weighted by molar-refractivity contribution is 7.90. The fraction of sp³-hybridized carbons (Fsp3) is 0.214. The van der Waals surface area contributed by atoms with E-state index in [2.05, 4.69) is 10.3 Å². The van der Waals surface area contributed by atoms with Gasteiger partial charge in [-0.1, -0.05) is 0 Å². The van der Waals surface area contributed by atoms with Gasteiger partial charge in [-0.3, -0.25) is 0 Å². The number of nitrogens with zero attached hydrogens (tertiary/aromatic N) is 1. The van der Waals surface area contributed by atoms with Crippen molar-refractivity contribution in [1.82, 2.24) is 4.98 Å². The summed E-state index contributed by atoms with van der Waals surface area (Å²) in [6, 6.07) is 5.49. The summed E-state index contributed by atoms with van der Waals surface area (Å²) in [5.74, 6) is -6.46. The Labute approximate surface area is 135 Å². The SMILES string of the molecule is CS(=O)(=O)c1ccc(OCCNc2c(F)c(F)nc(F)c2F)cc1. The van der Waals surface area contributed by atoms with Crippen LogP contribution in [0.15, 0.2) is 29.2 Å². The van der Waals surface area contributed by atoms with Crippen molar-refractivity contribution in [3.05, 3.63) is 47.8 Å². The molecule has 0 atom stereocenters. The van der Waals surface area contributed by atoms with Gasteiger partial charge in [-0.15, -0.1) is 0 Å². The van der Waals surface area contributed by atoms with E-state index in [1.165, 1.54) is 24.3 Å². The van der Waals surface area contributed by atoms with E-state index in [0.29, 0.717) is 5.75 Å². The minimum Gasteiger partial charge on any atom is -0.492 e. The van der Waals surface area contributed by atoms with E-state index in [9.17, 15) is 26.0 Å². The standard InChI is InChI=1S/C14H12F4N2O3S/c1-24(21,22)9-4-2-8(3-5-9)23-7-6-19-12-10(15)13(17)20-14(18)11(12)16/h2-5H,6-7H2,1H3,(H,19,20). The van der Waals surface area contributed by atoms with Crippen molar-refractivity contribution < 1.29 is 30.7 Å². The molecule has 1 aromatic carbocycles. The van der Waals surface area contributed by atoms with Crippen LogP contribution in [0.1, 0.15) is 0 Å². The normalized spacial score (nSPS) is 11.4. The van der Waals surface area contributed by atoms with E-state index < -0.39 is 39.1 Å². The first kappa shape index (κ1) is 18.0. The molecule has 2 aromatic rings. The Bertz CT molecular complexity index is 816. The minimum atomic E-state index is -3.33. The molecular weight excluding hydrogens is 352 g/mol. The highest BCUT2D eigenvalue weighted by atomic mass is 32.2. The molecule has 0 aliphatic heterocycles. The van der Waals surface area contributed by atoms with Crippen LogP contribution < -0.4 is 10.1 Å². The van der Waals surface area contributed by atoms with Gasteiger partial charge in [0.2, 0.25) is 11.6 Å². The van der Waals surface area contributed by atoms with Crippen molar-refractivity contribution in [2.45, 2.75) is 4.90 Å². The summed E-state index contributed by atoms with van der Waals surface area (Å²) in [5.41, 5.74) is -0.976. The second kappa shape index (κ2) is 7.04. The zero-order valence-electron chi connectivity index (χ0n) is 12.3. The van der Waals surface area contributed by atoms with Gasteiger partial charge in [0.25, 0.3) is 11.9 Å². The van der Waals surface area contributed by atoms with Gasteiger partial charge in [0.1, 0.15) is 18.0 Å². The Morgan fingerprint density at radius 1 is 1.04 bits per heavy atom. The fourth-order valence-electron chi connectivity index (χ4n) is 1.77. The van der Waals surface area contributed by atoms with E-state index in [1.807, 2.05) is 0 Å². The Balaban J connectivity index is 1.94. The van der Waals surface area contributed by atoms with E-state index in [-0.39, 0.29) is 18.0 Å². The highest BCUT2D eigenvalue weighted by Crippen LogP contribution is 2.21. The second-order valence-electron chi connectivity index (χ2n) is 4.72. The number of halogens is 4. The van der Waals surface area contributed by atoms with Crippen LogP contribution >= 0.6 is 0 Å². The van der Waals surface area contributed by atoms with Crippen molar-refractivity contribution >= 4 is 15.5 Å². The molecule has 1 N–H and O–H groups in total. The molecule has 2 rings (SSSR count). The molecule has 0 saturated heterocycles. The van der Waals surface area contributed by atoms with Crippen LogP contribution in [0.3, 0.4) is 0 Å². The first-order valence-electron chi connectivity index (χ1n) is 6.57. The molecule has 10 heteroatoms. The van der Waals surface area contributed by atoms with E-state index in [0.717, 1.165) is 6.26 Å². The molecule has 0 bridgehead atoms. The first-order valence-corrected chi connectivity index (χ1v) is 8.46. The maximum Gasteiger partial charge on any atom is 0.253 e. The Hall–Kier alpha value is -2.36. The number of aromatic nitrogens is 1. The monoisotopic (exact) mass is 364 g/mol. The molecule has 1 aromatic heterocycles. The van der Waals surface area contributed by atoms with Gasteiger partial charge < -0.3 is 10.1 Å². The third-order valence-corrected chi connectivity index (χ3v) is 4.05. The van der Waals surface area contributed by atoms with Gasteiger partial charge in [-0.05, 0) is 24.3 Å². The van der Waals surface area contributed by atoms with Gasteiger partial charge in [0.05, 0.1) is 4.90 Å². The first-order chi connectivity index (χ1) is 11.2. The summed E-state index contributed by atoms with van der Waals surface area (Å²) in [7, 11) is -3.33. The van der Waals surface area contributed by atoms with Crippen molar-refractivity contribution in [1.29, 1.82) is 0 Å². The lowest BCUT2D eigenvalue weighted by molar-refractivity contribution is 0.331. The lowest BCUT2D eigenvalue weighted by Gasteiger charge is -2.10. The number of sulfone groups is 1. The zero-order chi connectivity index (χ0) is 17.9. The summed E-state index contributed by atoms with van der Waals surface area (Å²) in [4.78, 5) is 2.54. The Morgan fingerprint density at radius 3 is 2.08 bits per heavy atom. The molecule has 0 aliphatic rings. The van der Waals surface area contributed by atoms with Crippen LogP contribution in [0.4, 0.5) is 23.2 Å². The van der Waals surface area contributed by atoms with Crippen molar-refractivity contribution in [2.75, 3.05) is 24.7 Å². The van der Waals surface area contributed by atoms with Crippen LogP contribution in [-0.4, -0.2) is 32.8 Å². The molecule has 0 amide bonds. The molecule has 130 valence electrons. The number of anilines is 1. The van der Waals surface area contributed by atoms with Crippen molar-refractivity contribution in [3.63, 3.8) is 0 Å². The Kier molecular flexibility index (Phi) is 5.27. The summed E-state index contributed by atoms with van der Waals surface area (Å²) < 4.78 is 80.3. The van der Waals surface area contributed by atoms with E-state index >= 15 is 0 Å². The van der Waals surface area contributed by atoms with Crippen LogP contribution in [-0.2, 0) is 9.84 Å². The molecule has 0 fully saturated rings. The summed E-state index contributed by atoms with van der Waals surface area (Å²) in [6.07, 6.45) is 1.06. The maximum atomic E-state index is 13.3. The molecule has 0 saturated carbocycles. The Morgan fingerprint density at radius 2 is 1.58 bits per heavy atom.